The number of aromatic nitrogens is 1. The lowest BCUT2D eigenvalue weighted by molar-refractivity contribution is -0.142. The summed E-state index contributed by atoms with van der Waals surface area (Å²) in [6.07, 6.45) is 3.90. The van der Waals surface area contributed by atoms with Crippen molar-refractivity contribution in [2.24, 2.45) is 0 Å². The lowest BCUT2D eigenvalue weighted by atomic mass is 10.1. The Morgan fingerprint density at radius 2 is 1.76 bits per heavy atom. The molecule has 1 heterocycles. The molecule has 0 aliphatic rings. The van der Waals surface area contributed by atoms with Gasteiger partial charge >= 0.3 is 0 Å². The number of unbranched alkanes of at least 4 members (excludes halogenated alkanes) is 1. The standard InChI is InChI=1S/C30H38ClN3O4/c1-4-5-15-33(21-27-10-7-16-32(27)20-25-9-6-8-24(2)19-25)29(35)22-34(17-18-37-3)30(36)23-38-28-13-11-26(31)12-14-28/h6-14,16,19H,4-5,15,17-18,20-23H2,1-3H3. The molecule has 2 aromatic carbocycles. The Labute approximate surface area is 230 Å². The quantitative estimate of drug-likeness (QED) is 0.267. The van der Waals surface area contributed by atoms with Crippen molar-refractivity contribution in [3.05, 3.63) is 88.7 Å². The fourth-order valence-electron chi connectivity index (χ4n) is 4.11. The minimum atomic E-state index is -0.274. The summed E-state index contributed by atoms with van der Waals surface area (Å²) < 4.78 is 13.0. The van der Waals surface area contributed by atoms with Gasteiger partial charge in [0.05, 0.1) is 19.7 Å². The molecule has 0 N–H and O–H groups in total. The van der Waals surface area contributed by atoms with Crippen molar-refractivity contribution >= 4 is 23.4 Å². The maximum absolute atomic E-state index is 13.5. The van der Waals surface area contributed by atoms with Crippen molar-refractivity contribution in [3.8, 4) is 5.75 Å². The van der Waals surface area contributed by atoms with E-state index < -0.39 is 0 Å². The van der Waals surface area contributed by atoms with E-state index in [2.05, 4.69) is 48.7 Å². The minimum Gasteiger partial charge on any atom is -0.484 e. The van der Waals surface area contributed by atoms with Crippen LogP contribution in [0.2, 0.25) is 5.02 Å². The summed E-state index contributed by atoms with van der Waals surface area (Å²) in [5.74, 6) is 0.168. The summed E-state index contributed by atoms with van der Waals surface area (Å²) >= 11 is 5.92. The van der Waals surface area contributed by atoms with Crippen molar-refractivity contribution < 1.29 is 19.1 Å². The summed E-state index contributed by atoms with van der Waals surface area (Å²) in [4.78, 5) is 29.9. The molecule has 3 rings (SSSR count). The minimum absolute atomic E-state index is 0.0333. The Balaban J connectivity index is 1.68. The highest BCUT2D eigenvalue weighted by atomic mass is 35.5. The monoisotopic (exact) mass is 539 g/mol. The predicted octanol–water partition coefficient (Wildman–Crippen LogP) is 5.18. The second-order valence-electron chi connectivity index (χ2n) is 9.34. The van der Waals surface area contributed by atoms with Crippen LogP contribution in [0.5, 0.6) is 5.75 Å². The highest BCUT2D eigenvalue weighted by Crippen LogP contribution is 2.16. The number of hydrogen-bond donors (Lipinski definition) is 0. The van der Waals surface area contributed by atoms with E-state index in [4.69, 9.17) is 21.1 Å². The van der Waals surface area contributed by atoms with Gasteiger partial charge in [-0.1, -0.05) is 54.8 Å². The van der Waals surface area contributed by atoms with E-state index in [0.29, 0.717) is 37.0 Å². The largest absolute Gasteiger partial charge is 0.484 e. The number of methoxy groups -OCH3 is 1. The van der Waals surface area contributed by atoms with E-state index >= 15 is 0 Å². The molecule has 38 heavy (non-hydrogen) atoms. The van der Waals surface area contributed by atoms with Crippen LogP contribution >= 0.6 is 11.6 Å². The molecule has 0 radical (unpaired) electrons. The molecule has 1 aromatic heterocycles. The predicted molar refractivity (Wildman–Crippen MR) is 150 cm³/mol. The summed E-state index contributed by atoms with van der Waals surface area (Å²) in [7, 11) is 1.57. The van der Waals surface area contributed by atoms with Crippen LogP contribution in [-0.2, 0) is 27.4 Å². The molecule has 0 saturated heterocycles. The summed E-state index contributed by atoms with van der Waals surface area (Å²) in [5.41, 5.74) is 3.49. The third-order valence-electron chi connectivity index (χ3n) is 6.27. The van der Waals surface area contributed by atoms with Gasteiger partial charge < -0.3 is 23.8 Å². The van der Waals surface area contributed by atoms with E-state index in [1.165, 1.54) is 16.0 Å². The molecule has 204 valence electrons. The van der Waals surface area contributed by atoms with Crippen LogP contribution in [0.3, 0.4) is 0 Å². The van der Waals surface area contributed by atoms with Gasteiger partial charge in [0.1, 0.15) is 5.75 Å². The number of benzene rings is 2. The Kier molecular flexibility index (Phi) is 11.7. The number of carbonyl (C=O) groups is 2. The zero-order chi connectivity index (χ0) is 27.3. The van der Waals surface area contributed by atoms with Crippen molar-refractivity contribution in [2.75, 3.05) is 40.0 Å². The van der Waals surface area contributed by atoms with Crippen LogP contribution in [0.15, 0.2) is 66.9 Å². The topological polar surface area (TPSA) is 64.0 Å². The normalized spacial score (nSPS) is 10.8. The first-order chi connectivity index (χ1) is 18.4. The SMILES string of the molecule is CCCCN(Cc1cccn1Cc1cccc(C)c1)C(=O)CN(CCOC)C(=O)COc1ccc(Cl)cc1. The lowest BCUT2D eigenvalue weighted by Crippen LogP contribution is -2.45. The van der Waals surface area contributed by atoms with Gasteiger partial charge in [-0.05, 0) is 55.3 Å². The molecule has 0 spiro atoms. The second-order valence-corrected chi connectivity index (χ2v) is 9.77. The number of nitrogens with zero attached hydrogens (tertiary/aromatic N) is 3. The van der Waals surface area contributed by atoms with Gasteiger partial charge in [0.2, 0.25) is 5.91 Å². The molecule has 0 bridgehead atoms. The maximum Gasteiger partial charge on any atom is 0.261 e. The Hall–Kier alpha value is -3.29. The fourth-order valence-corrected chi connectivity index (χ4v) is 4.24. The van der Waals surface area contributed by atoms with Gasteiger partial charge in [-0.3, -0.25) is 9.59 Å². The maximum atomic E-state index is 13.5. The molecular weight excluding hydrogens is 502 g/mol. The number of ether oxygens (including phenoxy) is 2. The number of amides is 2. The fraction of sp³-hybridized carbons (Fsp3) is 0.400. The van der Waals surface area contributed by atoms with Crippen LogP contribution in [0, 0.1) is 6.92 Å². The highest BCUT2D eigenvalue weighted by molar-refractivity contribution is 6.30. The van der Waals surface area contributed by atoms with E-state index in [-0.39, 0.29) is 25.0 Å². The van der Waals surface area contributed by atoms with Gasteiger partial charge in [0.25, 0.3) is 5.91 Å². The average molecular weight is 540 g/mol. The number of halogens is 1. The number of aryl methyl sites for hydroxylation is 1. The van der Waals surface area contributed by atoms with Crippen molar-refractivity contribution in [1.82, 2.24) is 14.4 Å². The van der Waals surface area contributed by atoms with Crippen molar-refractivity contribution in [3.63, 3.8) is 0 Å². The van der Waals surface area contributed by atoms with Gasteiger partial charge in [-0.15, -0.1) is 0 Å². The van der Waals surface area contributed by atoms with E-state index in [9.17, 15) is 9.59 Å². The molecule has 0 saturated carbocycles. The Morgan fingerprint density at radius 3 is 2.47 bits per heavy atom. The van der Waals surface area contributed by atoms with Gasteiger partial charge in [-0.25, -0.2) is 0 Å². The molecule has 7 nitrogen and oxygen atoms in total. The van der Waals surface area contributed by atoms with Gasteiger partial charge in [0, 0.05) is 43.7 Å². The smallest absolute Gasteiger partial charge is 0.261 e. The molecule has 0 aliphatic carbocycles. The van der Waals surface area contributed by atoms with E-state index in [1.54, 1.807) is 31.4 Å². The lowest BCUT2D eigenvalue weighted by Gasteiger charge is -2.28. The molecule has 2 amide bonds. The number of rotatable bonds is 15. The first-order valence-electron chi connectivity index (χ1n) is 13.0. The summed E-state index contributed by atoms with van der Waals surface area (Å²) in [6.45, 7) is 6.45. The second kappa shape index (κ2) is 15.2. The van der Waals surface area contributed by atoms with Gasteiger partial charge in [-0.2, -0.15) is 0 Å². The summed E-state index contributed by atoms with van der Waals surface area (Å²) in [5, 5.41) is 0.591. The number of carbonyl (C=O) groups excluding carboxylic acids is 2. The molecule has 0 unspecified atom stereocenters. The van der Waals surface area contributed by atoms with Crippen LogP contribution in [-0.4, -0.2) is 66.1 Å². The molecule has 8 heteroatoms. The Morgan fingerprint density at radius 1 is 0.974 bits per heavy atom. The Bertz CT molecular complexity index is 1160. The van der Waals surface area contributed by atoms with Crippen LogP contribution in [0.25, 0.3) is 0 Å². The first-order valence-corrected chi connectivity index (χ1v) is 13.4. The zero-order valence-corrected chi connectivity index (χ0v) is 23.3. The van der Waals surface area contributed by atoms with Gasteiger partial charge in [0.15, 0.2) is 6.61 Å². The third kappa shape index (κ3) is 9.23. The van der Waals surface area contributed by atoms with E-state index in [0.717, 1.165) is 25.1 Å². The van der Waals surface area contributed by atoms with E-state index in [1.807, 2.05) is 17.2 Å². The molecular formula is C30H38ClN3O4. The van der Waals surface area contributed by atoms with Crippen LogP contribution in [0.1, 0.15) is 36.6 Å². The molecule has 3 aromatic rings. The zero-order valence-electron chi connectivity index (χ0n) is 22.6. The summed E-state index contributed by atoms with van der Waals surface area (Å²) in [6, 6.07) is 19.3. The third-order valence-corrected chi connectivity index (χ3v) is 6.52. The van der Waals surface area contributed by atoms with Crippen LogP contribution < -0.4 is 4.74 Å². The molecule has 0 fully saturated rings. The van der Waals surface area contributed by atoms with Crippen molar-refractivity contribution in [2.45, 2.75) is 39.8 Å². The molecule has 0 atom stereocenters. The first kappa shape index (κ1) is 29.3. The molecule has 0 aliphatic heterocycles. The average Bonchev–Trinajstić information content (AvgIpc) is 3.34. The van der Waals surface area contributed by atoms with Crippen molar-refractivity contribution in [1.29, 1.82) is 0 Å². The number of hydrogen-bond acceptors (Lipinski definition) is 4. The van der Waals surface area contributed by atoms with Crippen LogP contribution in [0.4, 0.5) is 0 Å². The highest BCUT2D eigenvalue weighted by Gasteiger charge is 2.22.